The second-order valence-electron chi connectivity index (χ2n) is 7.00. The number of hydrogen-bond acceptors (Lipinski definition) is 8. The van der Waals surface area contributed by atoms with Crippen LogP contribution >= 0.6 is 11.3 Å². The quantitative estimate of drug-likeness (QED) is 0.452. The minimum absolute atomic E-state index is 0.160. The summed E-state index contributed by atoms with van der Waals surface area (Å²) in [5, 5.41) is 19.8. The van der Waals surface area contributed by atoms with E-state index in [0.29, 0.717) is 15.8 Å². The molecule has 0 aliphatic rings. The Labute approximate surface area is 186 Å². The zero-order valence-electron chi connectivity index (χ0n) is 17.5. The van der Waals surface area contributed by atoms with Crippen LogP contribution in [0.5, 0.6) is 11.6 Å². The van der Waals surface area contributed by atoms with Crippen LogP contribution in [-0.4, -0.2) is 38.2 Å². The molecule has 0 amide bonds. The van der Waals surface area contributed by atoms with Gasteiger partial charge in [0, 0.05) is 11.8 Å². The summed E-state index contributed by atoms with van der Waals surface area (Å²) >= 11 is 1.22. The number of benzene rings is 2. The van der Waals surface area contributed by atoms with E-state index in [1.165, 1.54) is 17.6 Å². The van der Waals surface area contributed by atoms with Gasteiger partial charge in [0.15, 0.2) is 0 Å². The zero-order valence-corrected chi connectivity index (χ0v) is 18.3. The van der Waals surface area contributed by atoms with Crippen LogP contribution < -0.4 is 16.0 Å². The number of aryl methyl sites for hydroxylation is 2. The lowest BCUT2D eigenvalue weighted by Gasteiger charge is -2.12. The lowest BCUT2D eigenvalue weighted by atomic mass is 10.1. The Hall–Kier alpha value is -4.05. The van der Waals surface area contributed by atoms with Crippen molar-refractivity contribution in [1.82, 2.24) is 19.7 Å². The number of nitrogens with one attached hydrogen (secondary N) is 1. The van der Waals surface area contributed by atoms with Crippen LogP contribution in [0.25, 0.3) is 16.3 Å². The molecule has 0 aliphatic heterocycles. The average molecular weight is 449 g/mol. The Bertz CT molecular complexity index is 1430. The fourth-order valence-electron chi connectivity index (χ4n) is 3.08. The van der Waals surface area contributed by atoms with Gasteiger partial charge in [-0.1, -0.05) is 23.5 Å². The molecule has 0 saturated heterocycles. The first kappa shape index (κ1) is 21.2. The predicted octanol–water partition coefficient (Wildman–Crippen LogP) is 3.13. The highest BCUT2D eigenvalue weighted by Gasteiger charge is 2.16. The summed E-state index contributed by atoms with van der Waals surface area (Å²) in [5.74, 6) is 0.223. The van der Waals surface area contributed by atoms with E-state index in [0.717, 1.165) is 27.0 Å². The molecule has 0 fully saturated rings. The van der Waals surface area contributed by atoms with E-state index >= 15 is 0 Å². The highest BCUT2D eigenvalue weighted by Crippen LogP contribution is 2.29. The normalized spacial score (nSPS) is 11.2. The molecule has 4 rings (SSSR count). The summed E-state index contributed by atoms with van der Waals surface area (Å²) in [6, 6.07) is 12.8. The Morgan fingerprint density at radius 1 is 1.12 bits per heavy atom. The van der Waals surface area contributed by atoms with Gasteiger partial charge in [0.1, 0.15) is 16.3 Å². The van der Waals surface area contributed by atoms with Crippen LogP contribution in [0.15, 0.2) is 57.0 Å². The van der Waals surface area contributed by atoms with Crippen molar-refractivity contribution in [2.24, 2.45) is 4.99 Å². The van der Waals surface area contributed by atoms with Gasteiger partial charge in [-0.2, -0.15) is 0 Å². The molecule has 0 radical (unpaired) electrons. The second kappa shape index (κ2) is 8.60. The van der Waals surface area contributed by atoms with Gasteiger partial charge in [0.25, 0.3) is 5.56 Å². The number of nitrogens with zero attached hydrogens (tertiary/aromatic N) is 4. The molecule has 2 N–H and O–H groups in total. The number of aliphatic imine (C=N–C) groups is 1. The van der Waals surface area contributed by atoms with Gasteiger partial charge in [-0.05, 0) is 55.3 Å². The fraction of sp³-hybridized carbons (Fsp3) is 0.136. The summed E-state index contributed by atoms with van der Waals surface area (Å²) in [5.41, 5.74) is 1.32. The minimum Gasteiger partial charge on any atom is -0.497 e. The first-order chi connectivity index (χ1) is 15.4. The standard InChI is InChI=1S/C22H19N5O4S/c1-12-4-5-13(2)17(10-12)27-20(29)16(18(28)24-22(27)30)11-23-21-26-25-19(32-21)14-6-8-15(31-3)9-7-14/h4-11,29H,1-3H3,(H,24,28,30). The van der Waals surface area contributed by atoms with Gasteiger partial charge in [-0.3, -0.25) is 9.78 Å². The fourth-order valence-corrected chi connectivity index (χ4v) is 3.77. The second-order valence-corrected chi connectivity index (χ2v) is 7.95. The van der Waals surface area contributed by atoms with Gasteiger partial charge in [0.05, 0.1) is 12.8 Å². The van der Waals surface area contributed by atoms with Gasteiger partial charge >= 0.3 is 5.69 Å². The first-order valence-electron chi connectivity index (χ1n) is 9.55. The average Bonchev–Trinajstić information content (AvgIpc) is 3.25. The van der Waals surface area contributed by atoms with Crippen LogP contribution in [0, 0.1) is 13.8 Å². The number of methoxy groups -OCH3 is 1. The predicted molar refractivity (Wildman–Crippen MR) is 123 cm³/mol. The Kier molecular flexibility index (Phi) is 5.69. The first-order valence-corrected chi connectivity index (χ1v) is 10.4. The molecule has 0 unspecified atom stereocenters. The van der Waals surface area contributed by atoms with Crippen LogP contribution in [0.1, 0.15) is 16.7 Å². The Morgan fingerprint density at radius 2 is 1.88 bits per heavy atom. The molecule has 0 atom stereocenters. The van der Waals surface area contributed by atoms with Crippen LogP contribution in [0.2, 0.25) is 0 Å². The molecule has 0 saturated carbocycles. The molecule has 4 aromatic rings. The zero-order chi connectivity index (χ0) is 22.8. The van der Waals surface area contributed by atoms with Crippen molar-refractivity contribution in [3.63, 3.8) is 0 Å². The third kappa shape index (κ3) is 4.08. The maximum atomic E-state index is 12.4. The third-order valence-corrected chi connectivity index (χ3v) is 5.66. The van der Waals surface area contributed by atoms with E-state index in [1.807, 2.05) is 50.2 Å². The smallest absolute Gasteiger partial charge is 0.335 e. The maximum absolute atomic E-state index is 12.4. The highest BCUT2D eigenvalue weighted by molar-refractivity contribution is 7.18. The highest BCUT2D eigenvalue weighted by atomic mass is 32.1. The largest absolute Gasteiger partial charge is 0.497 e. The van der Waals surface area contributed by atoms with Crippen molar-refractivity contribution in [3.8, 4) is 27.9 Å². The SMILES string of the molecule is COc1ccc(-c2nnc(N=Cc3c(O)n(-c4cc(C)ccc4C)c(=O)[nH]c3=O)s2)cc1. The summed E-state index contributed by atoms with van der Waals surface area (Å²) in [4.78, 5) is 31.2. The molecule has 10 heteroatoms. The molecule has 32 heavy (non-hydrogen) atoms. The topological polar surface area (TPSA) is 122 Å². The van der Waals surface area contributed by atoms with Crippen molar-refractivity contribution in [2.75, 3.05) is 7.11 Å². The summed E-state index contributed by atoms with van der Waals surface area (Å²) < 4.78 is 6.20. The molecule has 162 valence electrons. The Balaban J connectivity index is 1.71. The van der Waals surface area contributed by atoms with E-state index in [1.54, 1.807) is 13.2 Å². The summed E-state index contributed by atoms with van der Waals surface area (Å²) in [7, 11) is 1.59. The number of aromatic amines is 1. The molecule has 0 bridgehead atoms. The molecular formula is C22H19N5O4S. The van der Waals surface area contributed by atoms with Crippen molar-refractivity contribution >= 4 is 22.7 Å². The van der Waals surface area contributed by atoms with E-state index in [9.17, 15) is 14.7 Å². The molecular weight excluding hydrogens is 430 g/mol. The lowest BCUT2D eigenvalue weighted by molar-refractivity contribution is 0.415. The van der Waals surface area contributed by atoms with Crippen LogP contribution in [0.3, 0.4) is 0 Å². The summed E-state index contributed by atoms with van der Waals surface area (Å²) in [6.07, 6.45) is 1.17. The van der Waals surface area contributed by atoms with E-state index in [2.05, 4.69) is 20.2 Å². The monoisotopic (exact) mass is 449 g/mol. The van der Waals surface area contributed by atoms with Crippen molar-refractivity contribution < 1.29 is 9.84 Å². The van der Waals surface area contributed by atoms with Crippen LogP contribution in [-0.2, 0) is 0 Å². The van der Waals surface area contributed by atoms with Crippen molar-refractivity contribution in [3.05, 3.63) is 80.0 Å². The number of aromatic nitrogens is 4. The molecule has 2 heterocycles. The third-order valence-electron chi connectivity index (χ3n) is 4.78. The molecule has 0 aliphatic carbocycles. The molecule has 9 nitrogen and oxygen atoms in total. The number of rotatable bonds is 5. The van der Waals surface area contributed by atoms with Gasteiger partial charge in [0.2, 0.25) is 11.0 Å². The number of ether oxygens (including phenoxy) is 1. The lowest BCUT2D eigenvalue weighted by Crippen LogP contribution is -2.31. The van der Waals surface area contributed by atoms with Crippen LogP contribution in [0.4, 0.5) is 5.13 Å². The van der Waals surface area contributed by atoms with E-state index < -0.39 is 17.1 Å². The molecule has 2 aromatic heterocycles. The van der Waals surface area contributed by atoms with Gasteiger partial charge in [-0.15, -0.1) is 10.2 Å². The van der Waals surface area contributed by atoms with Crippen molar-refractivity contribution in [2.45, 2.75) is 13.8 Å². The van der Waals surface area contributed by atoms with Crippen molar-refractivity contribution in [1.29, 1.82) is 0 Å². The summed E-state index contributed by atoms with van der Waals surface area (Å²) in [6.45, 7) is 3.68. The maximum Gasteiger partial charge on any atom is 0.335 e. The van der Waals surface area contributed by atoms with Gasteiger partial charge < -0.3 is 9.84 Å². The van der Waals surface area contributed by atoms with E-state index in [4.69, 9.17) is 4.74 Å². The number of H-pyrrole nitrogens is 1. The Morgan fingerprint density at radius 3 is 2.59 bits per heavy atom. The minimum atomic E-state index is -0.752. The van der Waals surface area contributed by atoms with E-state index in [-0.39, 0.29) is 5.56 Å². The number of aromatic hydroxyl groups is 1. The molecule has 0 spiro atoms. The molecule has 2 aromatic carbocycles. The number of hydrogen-bond donors (Lipinski definition) is 2. The van der Waals surface area contributed by atoms with Gasteiger partial charge in [-0.25, -0.2) is 14.4 Å².